The maximum atomic E-state index is 12.5. The molecule has 1 N–H and O–H groups in total. The molecule has 0 spiro atoms. The summed E-state index contributed by atoms with van der Waals surface area (Å²) in [5.41, 5.74) is 1.82. The number of imide groups is 1. The van der Waals surface area contributed by atoms with Gasteiger partial charge in [0.1, 0.15) is 0 Å². The summed E-state index contributed by atoms with van der Waals surface area (Å²) in [6.45, 7) is 2.78. The number of nitrogens with zero attached hydrogens (tertiary/aromatic N) is 2. The van der Waals surface area contributed by atoms with E-state index >= 15 is 0 Å². The van der Waals surface area contributed by atoms with Crippen LogP contribution in [0.5, 0.6) is 0 Å². The van der Waals surface area contributed by atoms with Gasteiger partial charge in [0.25, 0.3) is 0 Å². The summed E-state index contributed by atoms with van der Waals surface area (Å²) in [7, 11) is 0. The predicted octanol–water partition coefficient (Wildman–Crippen LogP) is 2.16. The standard InChI is InChI=1S/C19H21N3O3/c1-12-5-4-6-13(9-12)20-19(25)21-10-14(11-21)22-17(23)15-7-2-3-8-16(15)18(22)24/h2-6,9,14-16H,7-8,10-11H2,1H3,(H,20,25)/t15-,16+. The van der Waals surface area contributed by atoms with E-state index in [1.165, 1.54) is 4.90 Å². The highest BCUT2D eigenvalue weighted by Gasteiger charge is 2.52. The Kier molecular flexibility index (Phi) is 3.82. The molecule has 25 heavy (non-hydrogen) atoms. The minimum absolute atomic E-state index is 0.0666. The second-order valence-corrected chi connectivity index (χ2v) is 7.06. The maximum absolute atomic E-state index is 12.5. The lowest BCUT2D eigenvalue weighted by molar-refractivity contribution is -0.145. The zero-order chi connectivity index (χ0) is 17.6. The van der Waals surface area contributed by atoms with Crippen molar-refractivity contribution in [3.05, 3.63) is 42.0 Å². The summed E-state index contributed by atoms with van der Waals surface area (Å²) in [5, 5.41) is 2.86. The van der Waals surface area contributed by atoms with E-state index in [0.29, 0.717) is 25.9 Å². The topological polar surface area (TPSA) is 69.7 Å². The normalized spacial score (nSPS) is 25.8. The number of benzene rings is 1. The third-order valence-electron chi connectivity index (χ3n) is 5.33. The fourth-order valence-corrected chi connectivity index (χ4v) is 3.90. The summed E-state index contributed by atoms with van der Waals surface area (Å²) in [6.07, 6.45) is 5.27. The van der Waals surface area contributed by atoms with Crippen molar-refractivity contribution in [2.24, 2.45) is 11.8 Å². The van der Waals surface area contributed by atoms with Crippen molar-refractivity contribution in [1.29, 1.82) is 0 Å². The van der Waals surface area contributed by atoms with Gasteiger partial charge in [0.2, 0.25) is 11.8 Å². The largest absolute Gasteiger partial charge is 0.321 e. The SMILES string of the molecule is Cc1cccc(NC(=O)N2CC(N3C(=O)[C@H]4CC=CC[C@H]4C3=O)C2)c1. The molecule has 3 aliphatic rings. The first-order valence-corrected chi connectivity index (χ1v) is 8.69. The number of rotatable bonds is 2. The van der Waals surface area contributed by atoms with Crippen molar-refractivity contribution in [2.45, 2.75) is 25.8 Å². The molecule has 4 rings (SSSR count). The molecule has 2 heterocycles. The van der Waals surface area contributed by atoms with Crippen LogP contribution in [-0.4, -0.2) is 46.8 Å². The Morgan fingerprint density at radius 2 is 1.72 bits per heavy atom. The predicted molar refractivity (Wildman–Crippen MR) is 92.8 cm³/mol. The fourth-order valence-electron chi connectivity index (χ4n) is 3.90. The quantitative estimate of drug-likeness (QED) is 0.663. The minimum atomic E-state index is -0.201. The number of carbonyl (C=O) groups excluding carboxylic acids is 3. The highest BCUT2D eigenvalue weighted by molar-refractivity contribution is 6.06. The molecule has 0 bridgehead atoms. The van der Waals surface area contributed by atoms with Crippen LogP contribution in [0.3, 0.4) is 0 Å². The lowest BCUT2D eigenvalue weighted by atomic mass is 9.85. The Balaban J connectivity index is 1.36. The van der Waals surface area contributed by atoms with Crippen LogP contribution in [0.25, 0.3) is 0 Å². The van der Waals surface area contributed by atoms with Gasteiger partial charge in [-0.25, -0.2) is 4.79 Å². The molecule has 0 aromatic heterocycles. The van der Waals surface area contributed by atoms with Gasteiger partial charge in [-0.05, 0) is 37.5 Å². The molecule has 0 unspecified atom stereocenters. The van der Waals surface area contributed by atoms with Crippen molar-refractivity contribution >= 4 is 23.5 Å². The second-order valence-electron chi connectivity index (χ2n) is 7.06. The van der Waals surface area contributed by atoms with E-state index in [2.05, 4.69) is 5.32 Å². The van der Waals surface area contributed by atoms with E-state index in [-0.39, 0.29) is 35.7 Å². The zero-order valence-electron chi connectivity index (χ0n) is 14.1. The first-order valence-electron chi connectivity index (χ1n) is 8.69. The molecule has 2 atom stereocenters. The number of hydrogen-bond donors (Lipinski definition) is 1. The van der Waals surface area contributed by atoms with E-state index in [9.17, 15) is 14.4 Å². The maximum Gasteiger partial charge on any atom is 0.321 e. The van der Waals surface area contributed by atoms with Crippen molar-refractivity contribution in [1.82, 2.24) is 9.80 Å². The smallest absolute Gasteiger partial charge is 0.320 e. The van der Waals surface area contributed by atoms with Gasteiger partial charge in [-0.3, -0.25) is 14.5 Å². The average molecular weight is 339 g/mol. The highest BCUT2D eigenvalue weighted by Crippen LogP contribution is 2.37. The molecule has 1 aromatic rings. The van der Waals surface area contributed by atoms with E-state index in [0.717, 1.165) is 11.3 Å². The second kappa shape index (κ2) is 6.02. The van der Waals surface area contributed by atoms with Gasteiger partial charge in [-0.1, -0.05) is 24.3 Å². The van der Waals surface area contributed by atoms with Gasteiger partial charge in [0, 0.05) is 18.8 Å². The van der Waals surface area contributed by atoms with Crippen LogP contribution < -0.4 is 5.32 Å². The van der Waals surface area contributed by atoms with E-state index < -0.39 is 0 Å². The summed E-state index contributed by atoms with van der Waals surface area (Å²) in [6, 6.07) is 7.22. The minimum Gasteiger partial charge on any atom is -0.320 e. The van der Waals surface area contributed by atoms with Gasteiger partial charge in [0.05, 0.1) is 17.9 Å². The van der Waals surface area contributed by atoms with Gasteiger partial charge in [-0.15, -0.1) is 0 Å². The van der Waals surface area contributed by atoms with Gasteiger partial charge < -0.3 is 10.2 Å². The summed E-state index contributed by atoms with van der Waals surface area (Å²) in [4.78, 5) is 40.4. The fraction of sp³-hybridized carbons (Fsp3) is 0.421. The zero-order valence-corrected chi connectivity index (χ0v) is 14.1. The van der Waals surface area contributed by atoms with Crippen LogP contribution >= 0.6 is 0 Å². The number of anilines is 1. The summed E-state index contributed by atoms with van der Waals surface area (Å²) < 4.78 is 0. The number of likely N-dealkylation sites (tertiary alicyclic amines) is 2. The van der Waals surface area contributed by atoms with Crippen LogP contribution in [0, 0.1) is 18.8 Å². The van der Waals surface area contributed by atoms with E-state index in [1.54, 1.807) is 4.90 Å². The number of aryl methyl sites for hydroxylation is 1. The van der Waals surface area contributed by atoms with E-state index in [1.807, 2.05) is 43.3 Å². The first kappa shape index (κ1) is 15.9. The summed E-state index contributed by atoms with van der Waals surface area (Å²) in [5.74, 6) is -0.536. The van der Waals surface area contributed by atoms with Gasteiger partial charge in [-0.2, -0.15) is 0 Å². The lowest BCUT2D eigenvalue weighted by Gasteiger charge is -2.43. The molecule has 1 aromatic carbocycles. The Hall–Kier alpha value is -2.63. The van der Waals surface area contributed by atoms with Crippen molar-refractivity contribution in [2.75, 3.05) is 18.4 Å². The van der Waals surface area contributed by atoms with Crippen LogP contribution in [0.1, 0.15) is 18.4 Å². The third-order valence-corrected chi connectivity index (χ3v) is 5.33. The monoisotopic (exact) mass is 339 g/mol. The van der Waals surface area contributed by atoms with E-state index in [4.69, 9.17) is 0 Å². The third kappa shape index (κ3) is 2.71. The van der Waals surface area contributed by atoms with Crippen LogP contribution in [-0.2, 0) is 9.59 Å². The first-order chi connectivity index (χ1) is 12.0. The van der Waals surface area contributed by atoms with Crippen molar-refractivity contribution in [3.8, 4) is 0 Å². The molecule has 0 radical (unpaired) electrons. The molecule has 1 aliphatic carbocycles. The molecule has 0 saturated carbocycles. The highest BCUT2D eigenvalue weighted by atomic mass is 16.2. The molecule has 6 heteroatoms. The Morgan fingerprint density at radius 1 is 1.08 bits per heavy atom. The average Bonchev–Trinajstić information content (AvgIpc) is 2.79. The van der Waals surface area contributed by atoms with Gasteiger partial charge in [0.15, 0.2) is 0 Å². The Bertz CT molecular complexity index is 741. The molecule has 2 saturated heterocycles. The molecule has 4 amide bonds. The number of urea groups is 1. The van der Waals surface area contributed by atoms with Crippen LogP contribution in [0.2, 0.25) is 0 Å². The molecule has 2 aliphatic heterocycles. The van der Waals surface area contributed by atoms with Crippen LogP contribution in [0.4, 0.5) is 10.5 Å². The Labute approximate surface area is 146 Å². The number of carbonyl (C=O) groups is 3. The van der Waals surface area contributed by atoms with Gasteiger partial charge >= 0.3 is 6.03 Å². The van der Waals surface area contributed by atoms with Crippen molar-refractivity contribution in [3.63, 3.8) is 0 Å². The molecule has 6 nitrogen and oxygen atoms in total. The van der Waals surface area contributed by atoms with Crippen LogP contribution in [0.15, 0.2) is 36.4 Å². The lowest BCUT2D eigenvalue weighted by Crippen LogP contribution is -2.63. The summed E-state index contributed by atoms with van der Waals surface area (Å²) >= 11 is 0. The molecule has 130 valence electrons. The number of allylic oxidation sites excluding steroid dienone is 2. The number of amides is 4. The molecule has 2 fully saturated rings. The number of fused-ring (bicyclic) bond motifs is 1. The number of nitrogens with one attached hydrogen (secondary N) is 1. The van der Waals surface area contributed by atoms with Crippen molar-refractivity contribution < 1.29 is 14.4 Å². The molecular weight excluding hydrogens is 318 g/mol. The number of hydrogen-bond acceptors (Lipinski definition) is 3. The molecular formula is C19H21N3O3. The Morgan fingerprint density at radius 3 is 2.32 bits per heavy atom.